The molecule has 2 aromatic rings. The van der Waals surface area contributed by atoms with E-state index in [4.69, 9.17) is 4.74 Å². The molecule has 0 spiro atoms. The third-order valence-corrected chi connectivity index (χ3v) is 7.57. The lowest BCUT2D eigenvalue weighted by Gasteiger charge is -2.30. The first-order valence-corrected chi connectivity index (χ1v) is 14.5. The third kappa shape index (κ3) is 9.94. The van der Waals surface area contributed by atoms with Gasteiger partial charge in [-0.3, -0.25) is 10.1 Å². The largest absolute Gasteiger partial charge is 0.474 e. The molecule has 1 fully saturated rings. The molecule has 10 heteroatoms. The van der Waals surface area contributed by atoms with Crippen LogP contribution < -0.4 is 10.1 Å². The summed E-state index contributed by atoms with van der Waals surface area (Å²) in [6.07, 6.45) is 5.57. The maximum Gasteiger partial charge on any atom is 0.423 e. The summed E-state index contributed by atoms with van der Waals surface area (Å²) in [7, 11) is 0. The zero-order chi connectivity index (χ0) is 29.1. The van der Waals surface area contributed by atoms with Crippen LogP contribution in [-0.4, -0.2) is 46.6 Å². The predicted octanol–water partition coefficient (Wildman–Crippen LogP) is 7.89. The first-order chi connectivity index (χ1) is 19.1. The van der Waals surface area contributed by atoms with E-state index in [2.05, 4.69) is 36.0 Å². The van der Waals surface area contributed by atoms with E-state index in [1.165, 1.54) is 44.0 Å². The van der Waals surface area contributed by atoms with Crippen molar-refractivity contribution in [3.8, 4) is 5.88 Å². The van der Waals surface area contributed by atoms with Crippen molar-refractivity contribution in [1.29, 1.82) is 0 Å². The highest BCUT2D eigenvalue weighted by Gasteiger charge is 2.38. The fourth-order valence-corrected chi connectivity index (χ4v) is 5.34. The van der Waals surface area contributed by atoms with Gasteiger partial charge in [-0.25, -0.2) is 4.98 Å². The summed E-state index contributed by atoms with van der Waals surface area (Å²) in [6, 6.07) is 7.09. The van der Waals surface area contributed by atoms with Gasteiger partial charge in [-0.2, -0.15) is 13.2 Å². The van der Waals surface area contributed by atoms with E-state index in [9.17, 15) is 23.3 Å². The molecule has 0 saturated heterocycles. The molecule has 3 rings (SSSR count). The first-order valence-electron chi connectivity index (χ1n) is 14.5. The topological polar surface area (TPSA) is 80.5 Å². The Morgan fingerprint density at radius 1 is 1.07 bits per heavy atom. The SMILES string of the molecule is CCCN(CCC)CCC(C)CCc1ccnc(O[C@H]2CC[C@H](Nc3ccc([N+](=O)[O-])c(C(F)(F)F)c3)CC2)c1. The molecule has 1 N–H and O–H groups in total. The van der Waals surface area contributed by atoms with Crippen LogP contribution in [0.25, 0.3) is 0 Å². The number of hydrogen-bond acceptors (Lipinski definition) is 6. The van der Waals surface area contributed by atoms with E-state index >= 15 is 0 Å². The zero-order valence-corrected chi connectivity index (χ0v) is 23.9. The molecule has 1 aromatic carbocycles. The van der Waals surface area contributed by atoms with E-state index in [1.807, 2.05) is 12.1 Å². The van der Waals surface area contributed by atoms with Crippen LogP contribution in [0.15, 0.2) is 36.5 Å². The molecule has 0 amide bonds. The number of nitro benzene ring substituents is 1. The summed E-state index contributed by atoms with van der Waals surface area (Å²) in [4.78, 5) is 16.9. The fraction of sp³-hybridized carbons (Fsp3) is 0.633. The molecular formula is C30H43F3N4O3. The highest BCUT2D eigenvalue weighted by atomic mass is 19.4. The van der Waals surface area contributed by atoms with Crippen molar-refractivity contribution in [2.24, 2.45) is 5.92 Å². The Hall–Kier alpha value is -2.88. The van der Waals surface area contributed by atoms with Crippen LogP contribution in [-0.2, 0) is 12.6 Å². The number of nitrogens with zero attached hydrogens (tertiary/aromatic N) is 3. The van der Waals surface area contributed by atoms with Crippen LogP contribution >= 0.6 is 0 Å². The van der Waals surface area contributed by atoms with Gasteiger partial charge in [-0.1, -0.05) is 20.8 Å². The Morgan fingerprint density at radius 2 is 1.77 bits per heavy atom. The van der Waals surface area contributed by atoms with Gasteiger partial charge in [0.15, 0.2) is 0 Å². The minimum Gasteiger partial charge on any atom is -0.474 e. The molecular weight excluding hydrogens is 521 g/mol. The van der Waals surface area contributed by atoms with Crippen molar-refractivity contribution < 1.29 is 22.8 Å². The van der Waals surface area contributed by atoms with Crippen LogP contribution in [0.5, 0.6) is 5.88 Å². The van der Waals surface area contributed by atoms with Gasteiger partial charge < -0.3 is 15.0 Å². The van der Waals surface area contributed by atoms with Gasteiger partial charge in [0, 0.05) is 30.1 Å². The number of hydrogen-bond donors (Lipinski definition) is 1. The van der Waals surface area contributed by atoms with Crippen molar-refractivity contribution in [3.05, 3.63) is 57.8 Å². The Morgan fingerprint density at radius 3 is 2.40 bits per heavy atom. The normalized spacial score (nSPS) is 18.5. The van der Waals surface area contributed by atoms with E-state index in [0.29, 0.717) is 24.6 Å². The standard InChI is InChI=1S/C30H43F3N4O3/c1-4-17-36(18-5-2)19-15-22(3)6-7-23-14-16-34-29(20-23)40-26-11-8-24(9-12-26)35-25-10-13-28(37(38)39)27(21-25)30(31,32)33/h10,13-14,16,20-22,24,26,35H,4-9,11-12,15,17-19H2,1-3H3/t22?,24-,26-. The number of aryl methyl sites for hydroxylation is 1. The van der Waals surface area contributed by atoms with Gasteiger partial charge >= 0.3 is 6.18 Å². The molecule has 1 aromatic heterocycles. The second-order valence-corrected chi connectivity index (χ2v) is 11.0. The molecule has 0 bridgehead atoms. The Bertz CT molecular complexity index is 1070. The van der Waals surface area contributed by atoms with Crippen molar-refractivity contribution in [2.45, 2.75) is 96.9 Å². The molecule has 1 unspecified atom stereocenters. The van der Waals surface area contributed by atoms with E-state index in [1.54, 1.807) is 6.20 Å². The van der Waals surface area contributed by atoms with Crippen molar-refractivity contribution in [1.82, 2.24) is 9.88 Å². The lowest BCUT2D eigenvalue weighted by atomic mass is 9.92. The zero-order valence-electron chi connectivity index (χ0n) is 23.9. The highest BCUT2D eigenvalue weighted by Crippen LogP contribution is 2.38. The summed E-state index contributed by atoms with van der Waals surface area (Å²) >= 11 is 0. The second kappa shape index (κ2) is 15.2. The molecule has 1 saturated carbocycles. The van der Waals surface area contributed by atoms with Gasteiger partial charge in [0.05, 0.1) is 4.92 Å². The fourth-order valence-electron chi connectivity index (χ4n) is 5.34. The molecule has 1 aliphatic rings. The Kier molecular flexibility index (Phi) is 12.0. The van der Waals surface area contributed by atoms with Crippen LogP contribution in [0, 0.1) is 16.0 Å². The van der Waals surface area contributed by atoms with Crippen molar-refractivity contribution >= 4 is 11.4 Å². The lowest BCUT2D eigenvalue weighted by Crippen LogP contribution is -2.31. The Balaban J connectivity index is 1.45. The minimum absolute atomic E-state index is 0.00886. The smallest absolute Gasteiger partial charge is 0.423 e. The molecule has 40 heavy (non-hydrogen) atoms. The number of aromatic nitrogens is 1. The molecule has 1 atom stereocenters. The number of ether oxygens (including phenoxy) is 1. The van der Waals surface area contributed by atoms with Gasteiger partial charge in [0.25, 0.3) is 5.69 Å². The quantitative estimate of drug-likeness (QED) is 0.175. The first kappa shape index (κ1) is 31.6. The summed E-state index contributed by atoms with van der Waals surface area (Å²) in [6.45, 7) is 10.3. The van der Waals surface area contributed by atoms with Crippen molar-refractivity contribution in [2.75, 3.05) is 25.0 Å². The number of nitrogens with one attached hydrogen (secondary N) is 1. The van der Waals surface area contributed by atoms with Gasteiger partial charge in [-0.05, 0) is 107 Å². The molecule has 0 aliphatic heterocycles. The van der Waals surface area contributed by atoms with E-state index in [-0.39, 0.29) is 17.8 Å². The van der Waals surface area contributed by atoms with Crippen molar-refractivity contribution in [3.63, 3.8) is 0 Å². The molecule has 7 nitrogen and oxygen atoms in total. The van der Waals surface area contributed by atoms with Gasteiger partial charge in [0.1, 0.15) is 11.7 Å². The van der Waals surface area contributed by atoms with Crippen LogP contribution in [0.2, 0.25) is 0 Å². The van der Waals surface area contributed by atoms with Gasteiger partial charge in [-0.15, -0.1) is 0 Å². The number of halogens is 3. The summed E-state index contributed by atoms with van der Waals surface area (Å²) in [5.41, 5.74) is -0.737. The lowest BCUT2D eigenvalue weighted by molar-refractivity contribution is -0.388. The van der Waals surface area contributed by atoms with Crippen LogP contribution in [0.3, 0.4) is 0 Å². The summed E-state index contributed by atoms with van der Waals surface area (Å²) < 4.78 is 46.1. The maximum atomic E-state index is 13.3. The average molecular weight is 565 g/mol. The number of rotatable bonds is 15. The highest BCUT2D eigenvalue weighted by molar-refractivity contribution is 5.55. The monoisotopic (exact) mass is 564 g/mol. The predicted molar refractivity (Wildman–Crippen MR) is 152 cm³/mol. The van der Waals surface area contributed by atoms with Gasteiger partial charge in [0.2, 0.25) is 5.88 Å². The Labute approximate surface area is 235 Å². The summed E-state index contributed by atoms with van der Waals surface area (Å²) in [5, 5.41) is 14.1. The van der Waals surface area contributed by atoms with E-state index < -0.39 is 22.4 Å². The molecule has 1 aliphatic carbocycles. The molecule has 1 heterocycles. The van der Waals surface area contributed by atoms with Crippen LogP contribution in [0.4, 0.5) is 24.5 Å². The van der Waals surface area contributed by atoms with Crippen LogP contribution in [0.1, 0.15) is 83.3 Å². The summed E-state index contributed by atoms with van der Waals surface area (Å²) in [5.74, 6) is 1.25. The number of pyridine rings is 1. The average Bonchev–Trinajstić information content (AvgIpc) is 2.91. The second-order valence-electron chi connectivity index (χ2n) is 11.0. The minimum atomic E-state index is -4.80. The number of benzene rings is 1. The third-order valence-electron chi connectivity index (χ3n) is 7.57. The number of nitro groups is 1. The number of alkyl halides is 3. The molecule has 0 radical (unpaired) electrons. The maximum absolute atomic E-state index is 13.3. The number of anilines is 1. The molecule has 222 valence electrons. The van der Waals surface area contributed by atoms with E-state index in [0.717, 1.165) is 44.4 Å².